The van der Waals surface area contributed by atoms with E-state index in [0.717, 1.165) is 75.3 Å². The second-order valence-corrected chi connectivity index (χ2v) is 8.96. The van der Waals surface area contributed by atoms with Crippen molar-refractivity contribution in [2.45, 2.75) is 58.0 Å². The third kappa shape index (κ3) is 4.38. The van der Waals surface area contributed by atoms with Crippen LogP contribution in [0.3, 0.4) is 0 Å². The lowest BCUT2D eigenvalue weighted by molar-refractivity contribution is -0.138. The summed E-state index contributed by atoms with van der Waals surface area (Å²) in [7, 11) is 2.02. The molecule has 0 radical (unpaired) electrons. The molecule has 0 unspecified atom stereocenters. The van der Waals surface area contributed by atoms with Crippen LogP contribution in [0.5, 0.6) is 5.75 Å². The van der Waals surface area contributed by atoms with Gasteiger partial charge in [-0.05, 0) is 70.2 Å². The number of amides is 1. The molecule has 0 bridgehead atoms. The van der Waals surface area contributed by atoms with Crippen molar-refractivity contribution in [2.24, 2.45) is 7.05 Å². The standard InChI is InChI=1S/C24H34N4O2/c1-19-8-4-5-9-22(19)30-18-23(29)28-14-7-11-24(28)10-6-13-27(15-12-24)17-21-16-20(2)25-26(21)3/h4-5,8-9,16H,6-7,10-15,17-18H2,1-3H3/t24-/m0/s1. The zero-order valence-electron chi connectivity index (χ0n) is 18.6. The summed E-state index contributed by atoms with van der Waals surface area (Å²) in [5, 5.41) is 4.48. The van der Waals surface area contributed by atoms with Gasteiger partial charge in [0.1, 0.15) is 5.75 Å². The van der Waals surface area contributed by atoms with Gasteiger partial charge < -0.3 is 9.64 Å². The molecule has 2 fully saturated rings. The van der Waals surface area contributed by atoms with E-state index in [4.69, 9.17) is 4.74 Å². The molecule has 1 aromatic carbocycles. The molecule has 6 nitrogen and oxygen atoms in total. The van der Waals surface area contributed by atoms with Crippen LogP contribution in [0, 0.1) is 13.8 Å². The van der Waals surface area contributed by atoms with Crippen LogP contribution in [-0.2, 0) is 18.4 Å². The number of ether oxygens (including phenoxy) is 1. The van der Waals surface area contributed by atoms with Crippen LogP contribution < -0.4 is 4.74 Å². The Kier molecular flexibility index (Phi) is 6.14. The lowest BCUT2D eigenvalue weighted by atomic mass is 9.87. The molecule has 1 atom stereocenters. The highest BCUT2D eigenvalue weighted by molar-refractivity contribution is 5.79. The molecule has 2 aromatic rings. The highest BCUT2D eigenvalue weighted by Crippen LogP contribution is 2.38. The fraction of sp³-hybridized carbons (Fsp3) is 0.583. The number of aromatic nitrogens is 2. The largest absolute Gasteiger partial charge is 0.484 e. The summed E-state index contributed by atoms with van der Waals surface area (Å²) in [6.07, 6.45) is 5.46. The van der Waals surface area contributed by atoms with E-state index in [9.17, 15) is 4.79 Å². The Hall–Kier alpha value is -2.34. The summed E-state index contributed by atoms with van der Waals surface area (Å²) < 4.78 is 7.87. The van der Waals surface area contributed by atoms with Gasteiger partial charge in [0.05, 0.1) is 11.4 Å². The molecule has 1 aromatic heterocycles. The first kappa shape index (κ1) is 20.9. The van der Waals surface area contributed by atoms with Gasteiger partial charge >= 0.3 is 0 Å². The third-order valence-electron chi connectivity index (χ3n) is 6.84. The Balaban J connectivity index is 1.38. The summed E-state index contributed by atoms with van der Waals surface area (Å²) in [5.41, 5.74) is 3.40. The topological polar surface area (TPSA) is 50.6 Å². The predicted molar refractivity (Wildman–Crippen MR) is 117 cm³/mol. The summed E-state index contributed by atoms with van der Waals surface area (Å²) in [6, 6.07) is 10.1. The fourth-order valence-electron chi connectivity index (χ4n) is 5.22. The number of rotatable bonds is 5. The SMILES string of the molecule is Cc1cc(CN2CCC[C@]3(CCCN3C(=O)COc3ccccc3C)CC2)n(C)n1. The first-order valence-corrected chi connectivity index (χ1v) is 11.2. The monoisotopic (exact) mass is 410 g/mol. The van der Waals surface area contributed by atoms with E-state index < -0.39 is 0 Å². The van der Waals surface area contributed by atoms with Gasteiger partial charge in [-0.1, -0.05) is 18.2 Å². The summed E-state index contributed by atoms with van der Waals surface area (Å²) in [4.78, 5) is 17.8. The van der Waals surface area contributed by atoms with Crippen molar-refractivity contribution < 1.29 is 9.53 Å². The summed E-state index contributed by atoms with van der Waals surface area (Å²) in [6.45, 7) is 8.07. The Morgan fingerprint density at radius 1 is 1.10 bits per heavy atom. The van der Waals surface area contributed by atoms with Crippen molar-refractivity contribution in [1.82, 2.24) is 19.6 Å². The van der Waals surface area contributed by atoms with Gasteiger partial charge in [0.2, 0.25) is 0 Å². The first-order valence-electron chi connectivity index (χ1n) is 11.2. The Bertz CT molecular complexity index is 893. The van der Waals surface area contributed by atoms with E-state index in [1.165, 1.54) is 5.69 Å². The van der Waals surface area contributed by atoms with Gasteiger partial charge in [-0.25, -0.2) is 0 Å². The van der Waals surface area contributed by atoms with Crippen molar-refractivity contribution in [3.63, 3.8) is 0 Å². The maximum Gasteiger partial charge on any atom is 0.260 e. The number of para-hydroxylation sites is 1. The molecule has 4 rings (SSSR count). The second kappa shape index (κ2) is 8.80. The van der Waals surface area contributed by atoms with Gasteiger partial charge in [0.25, 0.3) is 5.91 Å². The minimum absolute atomic E-state index is 0.00327. The van der Waals surface area contributed by atoms with E-state index in [1.807, 2.05) is 49.8 Å². The summed E-state index contributed by atoms with van der Waals surface area (Å²) in [5.74, 6) is 0.934. The number of carbonyl (C=O) groups is 1. The molecule has 0 aliphatic carbocycles. The van der Waals surface area contributed by atoms with E-state index in [0.29, 0.717) is 0 Å². The molecule has 1 spiro atoms. The number of benzene rings is 1. The highest BCUT2D eigenvalue weighted by Gasteiger charge is 2.44. The van der Waals surface area contributed by atoms with Crippen molar-refractivity contribution in [3.05, 3.63) is 47.3 Å². The number of likely N-dealkylation sites (tertiary alicyclic amines) is 2. The second-order valence-electron chi connectivity index (χ2n) is 8.96. The van der Waals surface area contributed by atoms with Crippen LogP contribution in [0.15, 0.2) is 30.3 Å². The third-order valence-corrected chi connectivity index (χ3v) is 6.84. The molecule has 2 aliphatic heterocycles. The number of hydrogen-bond donors (Lipinski definition) is 0. The van der Waals surface area contributed by atoms with E-state index >= 15 is 0 Å². The molecule has 0 saturated carbocycles. The van der Waals surface area contributed by atoms with E-state index in [2.05, 4.69) is 21.0 Å². The molecular formula is C24H34N4O2. The van der Waals surface area contributed by atoms with Gasteiger partial charge in [-0.15, -0.1) is 0 Å². The first-order chi connectivity index (χ1) is 14.5. The van der Waals surface area contributed by atoms with E-state index in [-0.39, 0.29) is 18.1 Å². The van der Waals surface area contributed by atoms with E-state index in [1.54, 1.807) is 0 Å². The van der Waals surface area contributed by atoms with Gasteiger partial charge in [0, 0.05) is 32.2 Å². The number of aryl methyl sites for hydroxylation is 3. The van der Waals surface area contributed by atoms with Gasteiger partial charge in [0.15, 0.2) is 6.61 Å². The smallest absolute Gasteiger partial charge is 0.260 e. The average Bonchev–Trinajstić information content (AvgIpc) is 3.20. The minimum Gasteiger partial charge on any atom is -0.484 e. The predicted octanol–water partition coefficient (Wildman–Crippen LogP) is 3.46. The fourth-order valence-corrected chi connectivity index (χ4v) is 5.22. The number of nitrogens with zero attached hydrogens (tertiary/aromatic N) is 4. The molecule has 1 amide bonds. The average molecular weight is 411 g/mol. The van der Waals surface area contributed by atoms with Crippen LogP contribution in [0.2, 0.25) is 0 Å². The maximum atomic E-state index is 13.1. The van der Waals surface area contributed by atoms with Crippen molar-refractivity contribution in [3.8, 4) is 5.75 Å². The molecule has 162 valence electrons. The molecule has 2 saturated heterocycles. The molecule has 30 heavy (non-hydrogen) atoms. The lowest BCUT2D eigenvalue weighted by Gasteiger charge is -2.38. The molecular weight excluding hydrogens is 376 g/mol. The zero-order valence-corrected chi connectivity index (χ0v) is 18.6. The minimum atomic E-state index is 0.00327. The van der Waals surface area contributed by atoms with Crippen LogP contribution >= 0.6 is 0 Å². The van der Waals surface area contributed by atoms with Crippen molar-refractivity contribution in [2.75, 3.05) is 26.2 Å². The van der Waals surface area contributed by atoms with Crippen molar-refractivity contribution in [1.29, 1.82) is 0 Å². The number of hydrogen-bond acceptors (Lipinski definition) is 4. The molecule has 0 N–H and O–H groups in total. The lowest BCUT2D eigenvalue weighted by Crippen LogP contribution is -2.49. The molecule has 6 heteroatoms. The summed E-state index contributed by atoms with van der Waals surface area (Å²) >= 11 is 0. The van der Waals surface area contributed by atoms with Gasteiger partial charge in [-0.2, -0.15) is 5.10 Å². The Labute approximate surface area is 179 Å². The van der Waals surface area contributed by atoms with Gasteiger partial charge in [-0.3, -0.25) is 14.4 Å². The van der Waals surface area contributed by atoms with Crippen LogP contribution in [0.4, 0.5) is 0 Å². The maximum absolute atomic E-state index is 13.1. The highest BCUT2D eigenvalue weighted by atomic mass is 16.5. The van der Waals surface area contributed by atoms with Crippen LogP contribution in [0.1, 0.15) is 49.1 Å². The number of carbonyl (C=O) groups excluding carboxylic acids is 1. The zero-order chi connectivity index (χ0) is 21.1. The quantitative estimate of drug-likeness (QED) is 0.757. The Morgan fingerprint density at radius 2 is 1.87 bits per heavy atom. The van der Waals surface area contributed by atoms with Crippen molar-refractivity contribution >= 4 is 5.91 Å². The normalized spacial score (nSPS) is 22.4. The van der Waals surface area contributed by atoms with Crippen LogP contribution in [-0.4, -0.2) is 57.3 Å². The molecule has 3 heterocycles. The Morgan fingerprint density at radius 3 is 2.60 bits per heavy atom. The molecule has 2 aliphatic rings. The van der Waals surface area contributed by atoms with Crippen LogP contribution in [0.25, 0.3) is 0 Å².